The third kappa shape index (κ3) is 3.14. The SMILES string of the molecule is Cc1[nH]nc(C(=O)NCCC(F)(F)F)c1N. The second-order valence-electron chi connectivity index (χ2n) is 3.23. The van der Waals surface area contributed by atoms with Crippen LogP contribution in [0.5, 0.6) is 0 Å². The normalized spacial score (nSPS) is 11.5. The first-order chi connectivity index (χ1) is 7.31. The third-order valence-electron chi connectivity index (χ3n) is 1.90. The number of nitrogens with one attached hydrogen (secondary N) is 2. The van der Waals surface area contributed by atoms with Crippen LogP contribution >= 0.6 is 0 Å². The topological polar surface area (TPSA) is 83.8 Å². The van der Waals surface area contributed by atoms with Gasteiger partial charge in [0.1, 0.15) is 0 Å². The maximum atomic E-state index is 11.8. The first-order valence-corrected chi connectivity index (χ1v) is 4.46. The summed E-state index contributed by atoms with van der Waals surface area (Å²) < 4.78 is 35.4. The molecule has 16 heavy (non-hydrogen) atoms. The van der Waals surface area contributed by atoms with Gasteiger partial charge in [-0.1, -0.05) is 0 Å². The van der Waals surface area contributed by atoms with Crippen molar-refractivity contribution in [3.8, 4) is 0 Å². The molecule has 90 valence electrons. The minimum atomic E-state index is -4.29. The largest absolute Gasteiger partial charge is 0.395 e. The molecule has 0 aliphatic carbocycles. The molecule has 1 rings (SSSR count). The summed E-state index contributed by atoms with van der Waals surface area (Å²) >= 11 is 0. The molecule has 0 radical (unpaired) electrons. The molecule has 0 unspecified atom stereocenters. The van der Waals surface area contributed by atoms with Crippen molar-refractivity contribution in [3.05, 3.63) is 11.4 Å². The molecule has 0 aliphatic rings. The highest BCUT2D eigenvalue weighted by molar-refractivity contribution is 5.97. The number of hydrogen-bond donors (Lipinski definition) is 3. The van der Waals surface area contributed by atoms with Crippen LogP contribution in [0.25, 0.3) is 0 Å². The van der Waals surface area contributed by atoms with Crippen LogP contribution in [0.1, 0.15) is 22.6 Å². The van der Waals surface area contributed by atoms with Crippen molar-refractivity contribution in [2.45, 2.75) is 19.5 Å². The summed E-state index contributed by atoms with van der Waals surface area (Å²) in [5.41, 5.74) is 6.04. The average molecular weight is 236 g/mol. The van der Waals surface area contributed by atoms with E-state index in [1.807, 2.05) is 0 Å². The number of carbonyl (C=O) groups excluding carboxylic acids is 1. The Bertz CT molecular complexity index is 385. The molecule has 0 saturated heterocycles. The molecule has 0 bridgehead atoms. The summed E-state index contributed by atoms with van der Waals surface area (Å²) in [5.74, 6) is -0.717. The number of nitrogens with two attached hydrogens (primary N) is 1. The molecule has 1 aromatic rings. The van der Waals surface area contributed by atoms with Crippen molar-refractivity contribution in [2.24, 2.45) is 0 Å². The number of aromatic nitrogens is 2. The maximum absolute atomic E-state index is 11.8. The molecular weight excluding hydrogens is 225 g/mol. The van der Waals surface area contributed by atoms with Gasteiger partial charge in [-0.05, 0) is 6.92 Å². The number of H-pyrrole nitrogens is 1. The fraction of sp³-hybridized carbons (Fsp3) is 0.500. The van der Waals surface area contributed by atoms with E-state index in [0.29, 0.717) is 5.69 Å². The van der Waals surface area contributed by atoms with Crippen molar-refractivity contribution >= 4 is 11.6 Å². The molecule has 0 spiro atoms. The minimum Gasteiger partial charge on any atom is -0.395 e. The van der Waals surface area contributed by atoms with Gasteiger partial charge in [0, 0.05) is 6.54 Å². The van der Waals surface area contributed by atoms with Gasteiger partial charge in [-0.3, -0.25) is 9.89 Å². The van der Waals surface area contributed by atoms with Crippen molar-refractivity contribution < 1.29 is 18.0 Å². The van der Waals surface area contributed by atoms with Crippen LogP contribution in [0.15, 0.2) is 0 Å². The lowest BCUT2D eigenvalue weighted by Gasteiger charge is -2.06. The fourth-order valence-electron chi connectivity index (χ4n) is 1.01. The first-order valence-electron chi connectivity index (χ1n) is 4.46. The number of carbonyl (C=O) groups is 1. The van der Waals surface area contributed by atoms with Gasteiger partial charge < -0.3 is 11.1 Å². The van der Waals surface area contributed by atoms with E-state index in [4.69, 9.17) is 5.73 Å². The molecule has 4 N–H and O–H groups in total. The van der Waals surface area contributed by atoms with Crippen LogP contribution in [0, 0.1) is 6.92 Å². The highest BCUT2D eigenvalue weighted by Gasteiger charge is 2.27. The molecule has 1 amide bonds. The molecular formula is C8H11F3N4O. The highest BCUT2D eigenvalue weighted by Crippen LogP contribution is 2.18. The molecule has 1 aromatic heterocycles. The van der Waals surface area contributed by atoms with E-state index in [-0.39, 0.29) is 11.4 Å². The second kappa shape index (κ2) is 4.42. The van der Waals surface area contributed by atoms with Gasteiger partial charge in [-0.15, -0.1) is 0 Å². The maximum Gasteiger partial charge on any atom is 0.390 e. The monoisotopic (exact) mass is 236 g/mol. The third-order valence-corrected chi connectivity index (χ3v) is 1.90. The number of alkyl halides is 3. The van der Waals surface area contributed by atoms with Gasteiger partial charge >= 0.3 is 6.18 Å². The molecule has 0 fully saturated rings. The molecule has 0 atom stereocenters. The number of hydrogen-bond acceptors (Lipinski definition) is 3. The van der Waals surface area contributed by atoms with Gasteiger partial charge in [0.15, 0.2) is 5.69 Å². The Morgan fingerprint density at radius 1 is 1.56 bits per heavy atom. The number of aryl methyl sites for hydroxylation is 1. The van der Waals surface area contributed by atoms with E-state index in [2.05, 4.69) is 15.5 Å². The minimum absolute atomic E-state index is 0.0836. The number of aromatic amines is 1. The summed E-state index contributed by atoms with van der Waals surface area (Å²) in [7, 11) is 0. The lowest BCUT2D eigenvalue weighted by molar-refractivity contribution is -0.132. The van der Waals surface area contributed by atoms with E-state index in [9.17, 15) is 18.0 Å². The van der Waals surface area contributed by atoms with Gasteiger partial charge in [-0.25, -0.2) is 0 Å². The molecule has 8 heteroatoms. The fourth-order valence-corrected chi connectivity index (χ4v) is 1.01. The van der Waals surface area contributed by atoms with E-state index in [1.54, 1.807) is 6.92 Å². The van der Waals surface area contributed by atoms with Gasteiger partial charge in [-0.2, -0.15) is 18.3 Å². The van der Waals surface area contributed by atoms with Gasteiger partial charge in [0.05, 0.1) is 17.8 Å². The quantitative estimate of drug-likeness (QED) is 0.731. The van der Waals surface area contributed by atoms with Crippen LogP contribution in [-0.4, -0.2) is 28.8 Å². The predicted molar refractivity (Wildman–Crippen MR) is 50.7 cm³/mol. The molecule has 0 aromatic carbocycles. The Balaban J connectivity index is 2.51. The van der Waals surface area contributed by atoms with E-state index in [0.717, 1.165) is 0 Å². The summed E-state index contributed by atoms with van der Waals surface area (Å²) in [6.45, 7) is 1.11. The molecule has 0 aliphatic heterocycles. The summed E-state index contributed by atoms with van der Waals surface area (Å²) in [6.07, 6.45) is -5.37. The zero-order chi connectivity index (χ0) is 12.3. The Morgan fingerprint density at radius 2 is 2.19 bits per heavy atom. The zero-order valence-electron chi connectivity index (χ0n) is 8.48. The molecule has 1 heterocycles. The van der Waals surface area contributed by atoms with Crippen LogP contribution in [-0.2, 0) is 0 Å². The zero-order valence-corrected chi connectivity index (χ0v) is 8.48. The van der Waals surface area contributed by atoms with Gasteiger partial charge in [0.25, 0.3) is 5.91 Å². The van der Waals surface area contributed by atoms with Crippen molar-refractivity contribution in [3.63, 3.8) is 0 Å². The standard InChI is InChI=1S/C8H11F3N4O/c1-4-5(12)6(15-14-4)7(16)13-3-2-8(9,10)11/h2-3,12H2,1H3,(H,13,16)(H,14,15). The number of rotatable bonds is 3. The Morgan fingerprint density at radius 3 is 2.62 bits per heavy atom. The summed E-state index contributed by atoms with van der Waals surface area (Å²) in [6, 6.07) is 0. The van der Waals surface area contributed by atoms with Crippen molar-refractivity contribution in [1.82, 2.24) is 15.5 Å². The van der Waals surface area contributed by atoms with Crippen molar-refractivity contribution in [1.29, 1.82) is 0 Å². The number of nitrogens with zero attached hydrogens (tertiary/aromatic N) is 1. The smallest absolute Gasteiger partial charge is 0.390 e. The number of amides is 1. The Hall–Kier alpha value is -1.73. The average Bonchev–Trinajstić information content (AvgIpc) is 2.45. The molecule has 5 nitrogen and oxygen atoms in total. The number of anilines is 1. The first kappa shape index (κ1) is 12.3. The van der Waals surface area contributed by atoms with E-state index in [1.165, 1.54) is 0 Å². The summed E-state index contributed by atoms with van der Waals surface area (Å²) in [5, 5.41) is 8.14. The number of halogens is 3. The van der Waals surface area contributed by atoms with Crippen molar-refractivity contribution in [2.75, 3.05) is 12.3 Å². The van der Waals surface area contributed by atoms with E-state index >= 15 is 0 Å². The lowest BCUT2D eigenvalue weighted by atomic mass is 10.3. The Labute approximate surface area is 89.2 Å². The van der Waals surface area contributed by atoms with Gasteiger partial charge in [0.2, 0.25) is 0 Å². The summed E-state index contributed by atoms with van der Waals surface area (Å²) in [4.78, 5) is 11.3. The van der Waals surface area contributed by atoms with Crippen LogP contribution in [0.3, 0.4) is 0 Å². The predicted octanol–water partition coefficient (Wildman–Crippen LogP) is 0.983. The molecule has 0 saturated carbocycles. The second-order valence-corrected chi connectivity index (χ2v) is 3.23. The lowest BCUT2D eigenvalue weighted by Crippen LogP contribution is -2.28. The van der Waals surface area contributed by atoms with E-state index < -0.39 is 25.0 Å². The Kier molecular flexibility index (Phi) is 3.41. The van der Waals surface area contributed by atoms with Crippen LogP contribution in [0.2, 0.25) is 0 Å². The van der Waals surface area contributed by atoms with Crippen LogP contribution < -0.4 is 11.1 Å². The highest BCUT2D eigenvalue weighted by atomic mass is 19.4. The number of nitrogen functional groups attached to an aromatic ring is 1. The van der Waals surface area contributed by atoms with Crippen LogP contribution in [0.4, 0.5) is 18.9 Å².